The third-order valence-electron chi connectivity index (χ3n) is 3.27. The number of halogens is 1. The van der Waals surface area contributed by atoms with Crippen LogP contribution in [0.5, 0.6) is 5.75 Å². The van der Waals surface area contributed by atoms with Crippen molar-refractivity contribution in [2.45, 2.75) is 6.92 Å². The fourth-order valence-corrected chi connectivity index (χ4v) is 2.20. The van der Waals surface area contributed by atoms with Crippen molar-refractivity contribution in [1.29, 1.82) is 0 Å². The van der Waals surface area contributed by atoms with Gasteiger partial charge in [-0.1, -0.05) is 11.6 Å². The lowest BCUT2D eigenvalue weighted by Crippen LogP contribution is -2.29. The number of ether oxygens (including phenoxy) is 2. The maximum Gasteiger partial charge on any atom is 0.337 e. The second-order valence-electron chi connectivity index (χ2n) is 5.05. The van der Waals surface area contributed by atoms with Gasteiger partial charge in [-0.3, -0.25) is 9.59 Å². The van der Waals surface area contributed by atoms with Crippen LogP contribution in [0.4, 0.5) is 11.4 Å². The average Bonchev–Trinajstić information content (AvgIpc) is 2.64. The summed E-state index contributed by atoms with van der Waals surface area (Å²) in [5.41, 5.74) is 0.753. The first-order valence-corrected chi connectivity index (χ1v) is 8.05. The minimum Gasteiger partial charge on any atom is -0.494 e. The summed E-state index contributed by atoms with van der Waals surface area (Å²) in [6, 6.07) is 10.8. The minimum atomic E-state index is -0.928. The zero-order valence-corrected chi connectivity index (χ0v) is 14.9. The second-order valence-corrected chi connectivity index (χ2v) is 5.46. The summed E-state index contributed by atoms with van der Waals surface area (Å²) >= 11 is 5.99. The quantitative estimate of drug-likeness (QED) is 0.617. The summed E-state index contributed by atoms with van der Waals surface area (Å²) in [5.74, 6) is -1.74. The van der Waals surface area contributed by atoms with Gasteiger partial charge in [-0.15, -0.1) is 0 Å². The molecule has 2 rings (SSSR count). The van der Waals surface area contributed by atoms with Gasteiger partial charge in [0, 0.05) is 5.69 Å². The van der Waals surface area contributed by atoms with E-state index in [9.17, 15) is 14.4 Å². The molecule has 0 unspecified atom stereocenters. The van der Waals surface area contributed by atoms with Crippen molar-refractivity contribution in [3.63, 3.8) is 0 Å². The Kier molecular flexibility index (Phi) is 6.57. The molecule has 0 radical (unpaired) electrons. The van der Waals surface area contributed by atoms with E-state index in [1.165, 1.54) is 25.3 Å². The van der Waals surface area contributed by atoms with Crippen LogP contribution < -0.4 is 15.4 Å². The highest BCUT2D eigenvalue weighted by Gasteiger charge is 2.17. The predicted molar refractivity (Wildman–Crippen MR) is 97.7 cm³/mol. The molecule has 2 aromatic rings. The number of anilines is 2. The largest absolute Gasteiger partial charge is 0.494 e. The first-order chi connectivity index (χ1) is 12.4. The molecule has 0 aliphatic carbocycles. The Morgan fingerprint density at radius 1 is 1.00 bits per heavy atom. The van der Waals surface area contributed by atoms with E-state index in [1.54, 1.807) is 24.3 Å². The SMILES string of the molecule is CCOc1ccc(NC(=O)C(=O)Nc2cc(C(=O)OC)ccc2Cl)cc1. The Hall–Kier alpha value is -3.06. The molecule has 0 heterocycles. The molecule has 26 heavy (non-hydrogen) atoms. The number of hydrogen-bond donors (Lipinski definition) is 2. The highest BCUT2D eigenvalue weighted by molar-refractivity contribution is 6.44. The van der Waals surface area contributed by atoms with E-state index in [0.29, 0.717) is 18.0 Å². The molecule has 0 bridgehead atoms. The van der Waals surface area contributed by atoms with E-state index in [-0.39, 0.29) is 16.3 Å². The minimum absolute atomic E-state index is 0.126. The van der Waals surface area contributed by atoms with E-state index < -0.39 is 17.8 Å². The average molecular weight is 377 g/mol. The third kappa shape index (κ3) is 4.97. The molecule has 2 N–H and O–H groups in total. The van der Waals surface area contributed by atoms with Gasteiger partial charge in [-0.05, 0) is 49.4 Å². The number of methoxy groups -OCH3 is 1. The lowest BCUT2D eigenvalue weighted by Gasteiger charge is -2.10. The monoisotopic (exact) mass is 376 g/mol. The van der Waals surface area contributed by atoms with Crippen LogP contribution in [0.25, 0.3) is 0 Å². The number of carbonyl (C=O) groups excluding carboxylic acids is 3. The molecular weight excluding hydrogens is 360 g/mol. The molecule has 136 valence electrons. The van der Waals surface area contributed by atoms with Crippen LogP contribution in [0.3, 0.4) is 0 Å². The van der Waals surface area contributed by atoms with Crippen molar-refractivity contribution < 1.29 is 23.9 Å². The van der Waals surface area contributed by atoms with Crippen molar-refractivity contribution in [1.82, 2.24) is 0 Å². The smallest absolute Gasteiger partial charge is 0.337 e. The van der Waals surface area contributed by atoms with Gasteiger partial charge in [0.2, 0.25) is 0 Å². The lowest BCUT2D eigenvalue weighted by atomic mass is 10.2. The first-order valence-electron chi connectivity index (χ1n) is 7.67. The van der Waals surface area contributed by atoms with Crippen LogP contribution in [0.2, 0.25) is 5.02 Å². The second kappa shape index (κ2) is 8.87. The van der Waals surface area contributed by atoms with Gasteiger partial charge in [0.1, 0.15) is 5.75 Å². The molecule has 2 amide bonds. The van der Waals surface area contributed by atoms with E-state index >= 15 is 0 Å². The van der Waals surface area contributed by atoms with Crippen LogP contribution in [0.15, 0.2) is 42.5 Å². The maximum absolute atomic E-state index is 12.1. The van der Waals surface area contributed by atoms with Gasteiger partial charge in [0.15, 0.2) is 0 Å². The maximum atomic E-state index is 12.1. The summed E-state index contributed by atoms with van der Waals surface area (Å²) < 4.78 is 9.91. The Morgan fingerprint density at radius 2 is 1.65 bits per heavy atom. The van der Waals surface area contributed by atoms with Gasteiger partial charge < -0.3 is 20.1 Å². The molecule has 0 saturated heterocycles. The van der Waals surface area contributed by atoms with Crippen molar-refractivity contribution in [2.75, 3.05) is 24.4 Å². The van der Waals surface area contributed by atoms with Crippen LogP contribution in [0.1, 0.15) is 17.3 Å². The summed E-state index contributed by atoms with van der Waals surface area (Å²) in [6.07, 6.45) is 0. The molecule has 0 spiro atoms. The van der Waals surface area contributed by atoms with Gasteiger partial charge in [-0.2, -0.15) is 0 Å². The zero-order chi connectivity index (χ0) is 19.1. The number of amides is 2. The van der Waals surface area contributed by atoms with Crippen LogP contribution in [-0.2, 0) is 14.3 Å². The standard InChI is InChI=1S/C18H17ClN2O5/c1-3-26-13-7-5-12(6-8-13)20-16(22)17(23)21-15-10-11(18(24)25-2)4-9-14(15)19/h4-10H,3H2,1-2H3,(H,20,22)(H,21,23). The number of hydrogen-bond acceptors (Lipinski definition) is 5. The Bertz CT molecular complexity index is 821. The van der Waals surface area contributed by atoms with E-state index in [1.807, 2.05) is 6.92 Å². The fraction of sp³-hybridized carbons (Fsp3) is 0.167. The summed E-state index contributed by atoms with van der Waals surface area (Å²) in [4.78, 5) is 35.6. The molecule has 0 fully saturated rings. The molecule has 7 nitrogen and oxygen atoms in total. The number of esters is 1. The normalized spacial score (nSPS) is 9.96. The van der Waals surface area contributed by atoms with Crippen molar-refractivity contribution in [3.05, 3.63) is 53.1 Å². The van der Waals surface area contributed by atoms with Crippen molar-refractivity contribution in [3.8, 4) is 5.75 Å². The van der Waals surface area contributed by atoms with Gasteiger partial charge in [0.25, 0.3) is 0 Å². The summed E-state index contributed by atoms with van der Waals surface area (Å²) in [7, 11) is 1.24. The van der Waals surface area contributed by atoms with E-state index in [4.69, 9.17) is 16.3 Å². The van der Waals surface area contributed by atoms with E-state index in [0.717, 1.165) is 0 Å². The summed E-state index contributed by atoms with van der Waals surface area (Å²) in [6.45, 7) is 2.39. The number of benzene rings is 2. The van der Waals surface area contributed by atoms with Crippen molar-refractivity contribution >= 4 is 40.8 Å². The number of nitrogens with one attached hydrogen (secondary N) is 2. The molecule has 0 aromatic heterocycles. The summed E-state index contributed by atoms with van der Waals surface area (Å²) in [5, 5.41) is 5.00. The topological polar surface area (TPSA) is 93.7 Å². The van der Waals surface area contributed by atoms with Crippen LogP contribution >= 0.6 is 11.6 Å². The van der Waals surface area contributed by atoms with Gasteiger partial charge >= 0.3 is 17.8 Å². The van der Waals surface area contributed by atoms with Crippen LogP contribution in [-0.4, -0.2) is 31.5 Å². The molecule has 2 aromatic carbocycles. The highest BCUT2D eigenvalue weighted by atomic mass is 35.5. The number of rotatable bonds is 5. The molecule has 0 aliphatic heterocycles. The Balaban J connectivity index is 2.04. The van der Waals surface area contributed by atoms with Gasteiger partial charge in [-0.25, -0.2) is 4.79 Å². The Labute approximate surface area is 155 Å². The number of carbonyl (C=O) groups is 3. The van der Waals surface area contributed by atoms with Crippen LogP contribution in [0, 0.1) is 0 Å². The molecule has 0 atom stereocenters. The highest BCUT2D eigenvalue weighted by Crippen LogP contribution is 2.23. The first kappa shape index (κ1) is 19.3. The molecular formula is C18H17ClN2O5. The Morgan fingerprint density at radius 3 is 2.27 bits per heavy atom. The van der Waals surface area contributed by atoms with E-state index in [2.05, 4.69) is 15.4 Å². The third-order valence-corrected chi connectivity index (χ3v) is 3.59. The molecule has 8 heteroatoms. The van der Waals surface area contributed by atoms with Gasteiger partial charge in [0.05, 0.1) is 30.0 Å². The molecule has 0 saturated carbocycles. The lowest BCUT2D eigenvalue weighted by molar-refractivity contribution is -0.132. The zero-order valence-electron chi connectivity index (χ0n) is 14.2. The van der Waals surface area contributed by atoms with Crippen molar-refractivity contribution in [2.24, 2.45) is 0 Å². The predicted octanol–water partition coefficient (Wildman–Crippen LogP) is 3.10. The fourth-order valence-electron chi connectivity index (χ4n) is 2.03. The molecule has 0 aliphatic rings.